The van der Waals surface area contributed by atoms with Crippen LogP contribution < -0.4 is 4.90 Å². The van der Waals surface area contributed by atoms with Crippen LogP contribution in [0, 0.1) is 16.0 Å². The second-order valence-corrected chi connectivity index (χ2v) is 7.84. The van der Waals surface area contributed by atoms with Crippen LogP contribution in [0.3, 0.4) is 0 Å². The van der Waals surface area contributed by atoms with Crippen LogP contribution in [0.25, 0.3) is 0 Å². The summed E-state index contributed by atoms with van der Waals surface area (Å²) in [5.74, 6) is 0.550. The first-order valence-corrected chi connectivity index (χ1v) is 9.78. The first kappa shape index (κ1) is 18.7. The standard InChI is InChI=1S/C20H29N3O3/c1-15-10-12-22(13-11-15)18-9-8-16(14-19(18)23(25)26)20(24)21(2)17-6-4-3-5-7-17/h8-9,14-15,17H,3-7,10-13H2,1-2H3. The summed E-state index contributed by atoms with van der Waals surface area (Å²) in [7, 11) is 1.82. The number of anilines is 1. The lowest BCUT2D eigenvalue weighted by molar-refractivity contribution is -0.384. The van der Waals surface area contributed by atoms with Gasteiger partial charge in [0.05, 0.1) is 4.92 Å². The van der Waals surface area contributed by atoms with Crippen molar-refractivity contribution in [3.05, 3.63) is 33.9 Å². The van der Waals surface area contributed by atoms with Crippen molar-refractivity contribution in [1.82, 2.24) is 4.90 Å². The van der Waals surface area contributed by atoms with E-state index < -0.39 is 0 Å². The van der Waals surface area contributed by atoms with E-state index in [0.717, 1.165) is 51.6 Å². The summed E-state index contributed by atoms with van der Waals surface area (Å²) in [5, 5.41) is 11.6. The molecule has 0 aromatic heterocycles. The number of carbonyl (C=O) groups is 1. The lowest BCUT2D eigenvalue weighted by Crippen LogP contribution is -2.38. The summed E-state index contributed by atoms with van der Waals surface area (Å²) in [4.78, 5) is 28.0. The number of piperidine rings is 1. The van der Waals surface area contributed by atoms with Gasteiger partial charge in [-0.3, -0.25) is 14.9 Å². The van der Waals surface area contributed by atoms with Gasteiger partial charge >= 0.3 is 0 Å². The van der Waals surface area contributed by atoms with Gasteiger partial charge in [-0.05, 0) is 43.7 Å². The van der Waals surface area contributed by atoms with Crippen LogP contribution in [0.5, 0.6) is 0 Å². The highest BCUT2D eigenvalue weighted by molar-refractivity contribution is 5.95. The molecule has 1 amide bonds. The Morgan fingerprint density at radius 1 is 1.15 bits per heavy atom. The van der Waals surface area contributed by atoms with Crippen molar-refractivity contribution in [1.29, 1.82) is 0 Å². The smallest absolute Gasteiger partial charge is 0.293 e. The molecule has 0 N–H and O–H groups in total. The minimum Gasteiger partial charge on any atom is -0.366 e. The molecule has 0 unspecified atom stereocenters. The van der Waals surface area contributed by atoms with E-state index >= 15 is 0 Å². The third-order valence-electron chi connectivity index (χ3n) is 5.99. The Balaban J connectivity index is 1.81. The molecule has 142 valence electrons. The molecule has 1 aliphatic heterocycles. The van der Waals surface area contributed by atoms with Crippen LogP contribution >= 0.6 is 0 Å². The van der Waals surface area contributed by atoms with Gasteiger partial charge in [0.2, 0.25) is 0 Å². The van der Waals surface area contributed by atoms with Gasteiger partial charge in [-0.1, -0.05) is 26.2 Å². The van der Waals surface area contributed by atoms with Gasteiger partial charge in [-0.25, -0.2) is 0 Å². The number of nitro groups is 1. The summed E-state index contributed by atoms with van der Waals surface area (Å²) < 4.78 is 0. The van der Waals surface area contributed by atoms with Crippen molar-refractivity contribution in [3.63, 3.8) is 0 Å². The topological polar surface area (TPSA) is 66.7 Å². The molecule has 2 aliphatic rings. The fraction of sp³-hybridized carbons (Fsp3) is 0.650. The Kier molecular flexibility index (Phi) is 5.79. The second-order valence-electron chi connectivity index (χ2n) is 7.84. The Morgan fingerprint density at radius 2 is 1.81 bits per heavy atom. The molecule has 0 spiro atoms. The third kappa shape index (κ3) is 4.00. The summed E-state index contributed by atoms with van der Waals surface area (Å²) in [5.41, 5.74) is 1.10. The minimum atomic E-state index is -0.356. The number of rotatable bonds is 4. The van der Waals surface area contributed by atoms with E-state index in [4.69, 9.17) is 0 Å². The van der Waals surface area contributed by atoms with Crippen molar-refractivity contribution in [3.8, 4) is 0 Å². The molecule has 6 heteroatoms. The SMILES string of the molecule is CC1CCN(c2ccc(C(=O)N(C)C3CCCCC3)cc2[N+](=O)[O-])CC1. The van der Waals surface area contributed by atoms with Crippen LogP contribution in [-0.2, 0) is 0 Å². The van der Waals surface area contributed by atoms with E-state index in [-0.39, 0.29) is 22.6 Å². The fourth-order valence-electron chi connectivity index (χ4n) is 4.16. The molecule has 1 aromatic rings. The quantitative estimate of drug-likeness (QED) is 0.596. The van der Waals surface area contributed by atoms with E-state index in [1.807, 2.05) is 7.05 Å². The normalized spacial score (nSPS) is 19.4. The van der Waals surface area contributed by atoms with E-state index in [1.165, 1.54) is 12.5 Å². The predicted octanol–water partition coefficient (Wildman–Crippen LogP) is 4.24. The van der Waals surface area contributed by atoms with Crippen molar-refractivity contribution in [2.24, 2.45) is 5.92 Å². The lowest BCUT2D eigenvalue weighted by Gasteiger charge is -2.32. The first-order valence-electron chi connectivity index (χ1n) is 9.78. The average Bonchev–Trinajstić information content (AvgIpc) is 2.67. The van der Waals surface area contributed by atoms with E-state index in [0.29, 0.717) is 17.2 Å². The number of nitrogens with zero attached hydrogens (tertiary/aromatic N) is 3. The minimum absolute atomic E-state index is 0.0439. The summed E-state index contributed by atoms with van der Waals surface area (Å²) >= 11 is 0. The van der Waals surface area contributed by atoms with Gasteiger partial charge < -0.3 is 9.80 Å². The number of amides is 1. The van der Waals surface area contributed by atoms with E-state index in [9.17, 15) is 14.9 Å². The molecule has 3 rings (SSSR count). The molecule has 1 saturated heterocycles. The highest BCUT2D eigenvalue weighted by Gasteiger charge is 2.27. The largest absolute Gasteiger partial charge is 0.366 e. The molecule has 0 radical (unpaired) electrons. The maximum atomic E-state index is 12.8. The van der Waals surface area contributed by atoms with E-state index in [1.54, 1.807) is 17.0 Å². The maximum absolute atomic E-state index is 12.8. The number of carbonyl (C=O) groups excluding carboxylic acids is 1. The van der Waals surface area contributed by atoms with Gasteiger partial charge in [-0.2, -0.15) is 0 Å². The molecule has 0 bridgehead atoms. The van der Waals surface area contributed by atoms with Gasteiger partial charge in [0.1, 0.15) is 5.69 Å². The third-order valence-corrected chi connectivity index (χ3v) is 5.99. The van der Waals surface area contributed by atoms with E-state index in [2.05, 4.69) is 11.8 Å². The van der Waals surface area contributed by atoms with Gasteiger partial charge in [0.15, 0.2) is 0 Å². The number of nitro benzene ring substituents is 1. The highest BCUT2D eigenvalue weighted by atomic mass is 16.6. The van der Waals surface area contributed by atoms with Crippen LogP contribution in [0.1, 0.15) is 62.2 Å². The molecule has 0 atom stereocenters. The van der Waals surface area contributed by atoms with Gasteiger partial charge in [-0.15, -0.1) is 0 Å². The maximum Gasteiger partial charge on any atom is 0.293 e. The van der Waals surface area contributed by atoms with Crippen molar-refractivity contribution in [2.75, 3.05) is 25.0 Å². The molecule has 26 heavy (non-hydrogen) atoms. The second kappa shape index (κ2) is 8.06. The van der Waals surface area contributed by atoms with Crippen LogP contribution in [0.15, 0.2) is 18.2 Å². The van der Waals surface area contributed by atoms with Gasteiger partial charge in [0.25, 0.3) is 11.6 Å². The molecule has 6 nitrogen and oxygen atoms in total. The predicted molar refractivity (Wildman–Crippen MR) is 103 cm³/mol. The zero-order valence-corrected chi connectivity index (χ0v) is 15.8. The summed E-state index contributed by atoms with van der Waals surface area (Å²) in [6, 6.07) is 5.23. The average molecular weight is 359 g/mol. The number of hydrogen-bond acceptors (Lipinski definition) is 4. The Bertz CT molecular complexity index is 662. The van der Waals surface area contributed by atoms with Crippen LogP contribution in [0.4, 0.5) is 11.4 Å². The molecular weight excluding hydrogens is 330 g/mol. The number of benzene rings is 1. The monoisotopic (exact) mass is 359 g/mol. The highest BCUT2D eigenvalue weighted by Crippen LogP contribution is 2.33. The molecule has 1 aliphatic carbocycles. The van der Waals surface area contributed by atoms with Crippen molar-refractivity contribution in [2.45, 2.75) is 57.9 Å². The Labute approximate surface area is 155 Å². The molecular formula is C20H29N3O3. The molecule has 2 fully saturated rings. The van der Waals surface area contributed by atoms with Crippen LogP contribution in [0.2, 0.25) is 0 Å². The summed E-state index contributed by atoms with van der Waals surface area (Å²) in [6.45, 7) is 3.88. The van der Waals surface area contributed by atoms with Crippen LogP contribution in [-0.4, -0.2) is 41.9 Å². The molecule has 1 saturated carbocycles. The zero-order valence-electron chi connectivity index (χ0n) is 15.8. The Hall–Kier alpha value is -2.11. The molecule has 1 aromatic carbocycles. The number of hydrogen-bond donors (Lipinski definition) is 0. The fourth-order valence-corrected chi connectivity index (χ4v) is 4.16. The first-order chi connectivity index (χ1) is 12.5. The summed E-state index contributed by atoms with van der Waals surface area (Å²) in [6.07, 6.45) is 7.66. The van der Waals surface area contributed by atoms with Gasteiger partial charge in [0, 0.05) is 37.8 Å². The van der Waals surface area contributed by atoms with Crippen molar-refractivity contribution >= 4 is 17.3 Å². The van der Waals surface area contributed by atoms with Crippen molar-refractivity contribution < 1.29 is 9.72 Å². The molecule has 1 heterocycles. The lowest BCUT2D eigenvalue weighted by atomic mass is 9.94. The zero-order chi connectivity index (χ0) is 18.7. The Morgan fingerprint density at radius 3 is 2.42 bits per heavy atom.